The molecule has 98 valence electrons. The van der Waals surface area contributed by atoms with Gasteiger partial charge in [0.2, 0.25) is 0 Å². The molecule has 1 fully saturated rings. The van der Waals surface area contributed by atoms with Crippen LogP contribution in [-0.2, 0) is 4.74 Å². The van der Waals surface area contributed by atoms with E-state index in [1.807, 2.05) is 0 Å². The predicted octanol–water partition coefficient (Wildman–Crippen LogP) is 0.740. The molecule has 0 aliphatic carbocycles. The Balaban J connectivity index is 1.84. The van der Waals surface area contributed by atoms with Crippen molar-refractivity contribution in [1.82, 2.24) is 19.4 Å². The van der Waals surface area contributed by atoms with Crippen LogP contribution in [0.3, 0.4) is 0 Å². The zero-order valence-corrected chi connectivity index (χ0v) is 10.4. The SMILES string of the molecule is O=C(c1ccnc(-n2ccnc2)c1)N1CCOCC1. The molecule has 0 atom stereocenters. The van der Waals surface area contributed by atoms with Gasteiger partial charge in [0.05, 0.1) is 13.2 Å². The van der Waals surface area contributed by atoms with Crippen LogP contribution in [0, 0.1) is 0 Å². The third-order valence-electron chi connectivity index (χ3n) is 3.06. The molecule has 3 rings (SSSR count). The molecule has 2 aromatic rings. The van der Waals surface area contributed by atoms with Crippen molar-refractivity contribution in [3.8, 4) is 5.82 Å². The molecule has 0 saturated carbocycles. The maximum Gasteiger partial charge on any atom is 0.254 e. The van der Waals surface area contributed by atoms with Crippen LogP contribution in [0.5, 0.6) is 0 Å². The quantitative estimate of drug-likeness (QED) is 0.797. The molecule has 0 bridgehead atoms. The number of ether oxygens (including phenoxy) is 1. The number of rotatable bonds is 2. The van der Waals surface area contributed by atoms with Crippen molar-refractivity contribution < 1.29 is 9.53 Å². The summed E-state index contributed by atoms with van der Waals surface area (Å²) in [4.78, 5) is 22.4. The van der Waals surface area contributed by atoms with Crippen LogP contribution >= 0.6 is 0 Å². The largest absolute Gasteiger partial charge is 0.378 e. The first kappa shape index (κ1) is 11.9. The normalized spacial score (nSPS) is 15.5. The monoisotopic (exact) mass is 258 g/mol. The summed E-state index contributed by atoms with van der Waals surface area (Å²) in [7, 11) is 0. The van der Waals surface area contributed by atoms with Crippen LogP contribution in [0.4, 0.5) is 0 Å². The molecule has 0 spiro atoms. The molecule has 1 saturated heterocycles. The number of imidazole rings is 1. The molecule has 2 aromatic heterocycles. The van der Waals surface area contributed by atoms with Crippen molar-refractivity contribution in [2.24, 2.45) is 0 Å². The van der Waals surface area contributed by atoms with Gasteiger partial charge in [0, 0.05) is 37.2 Å². The summed E-state index contributed by atoms with van der Waals surface area (Å²) in [6, 6.07) is 3.51. The van der Waals surface area contributed by atoms with Crippen molar-refractivity contribution in [3.05, 3.63) is 42.6 Å². The third-order valence-corrected chi connectivity index (χ3v) is 3.06. The predicted molar refractivity (Wildman–Crippen MR) is 68.1 cm³/mol. The highest BCUT2D eigenvalue weighted by Crippen LogP contribution is 2.11. The van der Waals surface area contributed by atoms with E-state index in [4.69, 9.17) is 4.74 Å². The van der Waals surface area contributed by atoms with Gasteiger partial charge >= 0.3 is 0 Å². The molecule has 1 aliphatic rings. The van der Waals surface area contributed by atoms with Crippen LogP contribution in [0.15, 0.2) is 37.1 Å². The van der Waals surface area contributed by atoms with E-state index < -0.39 is 0 Å². The second-order valence-electron chi connectivity index (χ2n) is 4.28. The van der Waals surface area contributed by atoms with Crippen molar-refractivity contribution in [2.75, 3.05) is 26.3 Å². The Morgan fingerprint density at radius 2 is 2.11 bits per heavy atom. The van der Waals surface area contributed by atoms with Crippen LogP contribution in [0.25, 0.3) is 5.82 Å². The van der Waals surface area contributed by atoms with Gasteiger partial charge in [-0.1, -0.05) is 0 Å². The number of nitrogens with zero attached hydrogens (tertiary/aromatic N) is 4. The highest BCUT2D eigenvalue weighted by molar-refractivity contribution is 5.94. The van der Waals surface area contributed by atoms with E-state index in [9.17, 15) is 4.79 Å². The van der Waals surface area contributed by atoms with E-state index in [1.54, 1.807) is 46.5 Å². The summed E-state index contributed by atoms with van der Waals surface area (Å²) in [6.45, 7) is 2.49. The van der Waals surface area contributed by atoms with Gasteiger partial charge in [-0.05, 0) is 12.1 Å². The molecule has 1 amide bonds. The van der Waals surface area contributed by atoms with Crippen LogP contribution in [-0.4, -0.2) is 51.6 Å². The van der Waals surface area contributed by atoms with Gasteiger partial charge in [0.15, 0.2) is 0 Å². The molecule has 3 heterocycles. The first-order valence-corrected chi connectivity index (χ1v) is 6.16. The molecular weight excluding hydrogens is 244 g/mol. The molecule has 1 aliphatic heterocycles. The number of hydrogen-bond acceptors (Lipinski definition) is 4. The summed E-state index contributed by atoms with van der Waals surface area (Å²) in [5.74, 6) is 0.712. The minimum atomic E-state index is 0.0204. The minimum absolute atomic E-state index is 0.0204. The molecule has 0 N–H and O–H groups in total. The lowest BCUT2D eigenvalue weighted by atomic mass is 10.2. The number of carbonyl (C=O) groups excluding carboxylic acids is 1. The number of carbonyl (C=O) groups is 1. The van der Waals surface area contributed by atoms with Gasteiger partial charge in [-0.3, -0.25) is 9.36 Å². The van der Waals surface area contributed by atoms with Gasteiger partial charge in [0.1, 0.15) is 12.1 Å². The van der Waals surface area contributed by atoms with Crippen LogP contribution < -0.4 is 0 Å². The average Bonchev–Trinajstić information content (AvgIpc) is 3.02. The topological polar surface area (TPSA) is 60.2 Å². The fourth-order valence-corrected chi connectivity index (χ4v) is 2.04. The number of pyridine rings is 1. The molecule has 0 unspecified atom stereocenters. The van der Waals surface area contributed by atoms with Crippen LogP contribution in [0.2, 0.25) is 0 Å². The number of amides is 1. The Morgan fingerprint density at radius 3 is 2.84 bits per heavy atom. The fraction of sp³-hybridized carbons (Fsp3) is 0.308. The van der Waals surface area contributed by atoms with Gasteiger partial charge in [-0.15, -0.1) is 0 Å². The minimum Gasteiger partial charge on any atom is -0.378 e. The van der Waals surface area contributed by atoms with E-state index >= 15 is 0 Å². The molecule has 6 heteroatoms. The van der Waals surface area contributed by atoms with Crippen molar-refractivity contribution in [3.63, 3.8) is 0 Å². The Bertz CT molecular complexity index is 562. The van der Waals surface area contributed by atoms with Gasteiger partial charge < -0.3 is 9.64 Å². The molecule has 0 aromatic carbocycles. The summed E-state index contributed by atoms with van der Waals surface area (Å²) >= 11 is 0. The second kappa shape index (κ2) is 5.19. The Morgan fingerprint density at radius 1 is 1.26 bits per heavy atom. The fourth-order valence-electron chi connectivity index (χ4n) is 2.04. The zero-order chi connectivity index (χ0) is 13.1. The average molecular weight is 258 g/mol. The lowest BCUT2D eigenvalue weighted by molar-refractivity contribution is 0.0303. The molecule has 0 radical (unpaired) electrons. The molecule has 6 nitrogen and oxygen atoms in total. The first-order valence-electron chi connectivity index (χ1n) is 6.16. The smallest absolute Gasteiger partial charge is 0.254 e. The maximum absolute atomic E-state index is 12.3. The first-order chi connectivity index (χ1) is 9.34. The van der Waals surface area contributed by atoms with Crippen LogP contribution in [0.1, 0.15) is 10.4 Å². The maximum atomic E-state index is 12.3. The summed E-state index contributed by atoms with van der Waals surface area (Å²) in [5.41, 5.74) is 0.639. The summed E-state index contributed by atoms with van der Waals surface area (Å²) in [5, 5.41) is 0. The second-order valence-corrected chi connectivity index (χ2v) is 4.28. The van der Waals surface area contributed by atoms with Gasteiger partial charge in [-0.25, -0.2) is 9.97 Å². The Hall–Kier alpha value is -2.21. The summed E-state index contributed by atoms with van der Waals surface area (Å²) < 4.78 is 7.02. The van der Waals surface area contributed by atoms with Gasteiger partial charge in [-0.2, -0.15) is 0 Å². The van der Waals surface area contributed by atoms with E-state index in [-0.39, 0.29) is 5.91 Å². The Labute approximate surface area is 110 Å². The van der Waals surface area contributed by atoms with Crippen molar-refractivity contribution in [2.45, 2.75) is 0 Å². The summed E-state index contributed by atoms with van der Waals surface area (Å²) in [6.07, 6.45) is 6.78. The Kier molecular flexibility index (Phi) is 3.24. The lowest BCUT2D eigenvalue weighted by Crippen LogP contribution is -2.40. The molecule has 19 heavy (non-hydrogen) atoms. The highest BCUT2D eigenvalue weighted by Gasteiger charge is 2.18. The van der Waals surface area contributed by atoms with Crippen molar-refractivity contribution in [1.29, 1.82) is 0 Å². The zero-order valence-electron chi connectivity index (χ0n) is 10.4. The number of aromatic nitrogens is 3. The van der Waals surface area contributed by atoms with E-state index in [0.717, 1.165) is 0 Å². The van der Waals surface area contributed by atoms with E-state index in [1.165, 1.54) is 0 Å². The standard InChI is InChI=1S/C13H14N4O2/c18-13(16-5-7-19-8-6-16)11-1-2-15-12(9-11)17-4-3-14-10-17/h1-4,9-10H,5-8H2. The lowest BCUT2D eigenvalue weighted by Gasteiger charge is -2.26. The number of morpholine rings is 1. The third kappa shape index (κ3) is 2.48. The highest BCUT2D eigenvalue weighted by atomic mass is 16.5. The van der Waals surface area contributed by atoms with E-state index in [0.29, 0.717) is 37.7 Å². The van der Waals surface area contributed by atoms with Gasteiger partial charge in [0.25, 0.3) is 5.91 Å². The number of hydrogen-bond donors (Lipinski definition) is 0. The van der Waals surface area contributed by atoms with E-state index in [2.05, 4.69) is 9.97 Å². The van der Waals surface area contributed by atoms with Crippen molar-refractivity contribution >= 4 is 5.91 Å². The molecular formula is C13H14N4O2.